The van der Waals surface area contributed by atoms with Crippen molar-refractivity contribution in [1.29, 1.82) is 0 Å². The number of ether oxygens (including phenoxy) is 2. The van der Waals surface area contributed by atoms with Gasteiger partial charge < -0.3 is 19.7 Å². The molecule has 0 fully saturated rings. The first-order chi connectivity index (χ1) is 9.81. The number of hydrogen-bond acceptors (Lipinski definition) is 5. The van der Waals surface area contributed by atoms with Gasteiger partial charge in [-0.2, -0.15) is 12.6 Å². The first-order valence-corrected chi connectivity index (χ1v) is 6.64. The quantitative estimate of drug-likeness (QED) is 0.697. The second-order valence-corrected chi connectivity index (χ2v) is 4.84. The van der Waals surface area contributed by atoms with Crippen molar-refractivity contribution >= 4 is 24.6 Å². The summed E-state index contributed by atoms with van der Waals surface area (Å²) in [6.07, 6.45) is -0.226. The van der Waals surface area contributed by atoms with E-state index in [4.69, 9.17) is 19.7 Å². The van der Waals surface area contributed by atoms with Crippen molar-refractivity contribution in [3.05, 3.63) is 24.3 Å². The topological polar surface area (TPSA) is 93.1 Å². The summed E-state index contributed by atoms with van der Waals surface area (Å²) in [5.41, 5.74) is 0. The van der Waals surface area contributed by atoms with Gasteiger partial charge in [0, 0.05) is 5.25 Å². The van der Waals surface area contributed by atoms with Crippen molar-refractivity contribution in [2.75, 3.05) is 14.2 Å². The summed E-state index contributed by atoms with van der Waals surface area (Å²) in [6, 6.07) is 7.44. The number of rotatable bonds is 6. The molecule has 2 atom stereocenters. The number of carbonyl (C=O) groups is 2. The Hall–Kier alpha value is -1.89. The van der Waals surface area contributed by atoms with Gasteiger partial charge in [-0.1, -0.05) is 6.92 Å². The van der Waals surface area contributed by atoms with Crippen LogP contribution in [0.1, 0.15) is 13.3 Å². The molecule has 0 aliphatic carbocycles. The van der Waals surface area contributed by atoms with Gasteiger partial charge in [-0.25, -0.2) is 0 Å². The molecule has 1 rings (SSSR count). The van der Waals surface area contributed by atoms with Crippen LogP contribution < -0.4 is 9.47 Å². The Morgan fingerprint density at radius 3 is 1.71 bits per heavy atom. The number of aliphatic carboxylic acids is 2. The number of thiol groups is 1. The van der Waals surface area contributed by atoms with Crippen molar-refractivity contribution < 1.29 is 29.3 Å². The first kappa shape index (κ1) is 19.1. The summed E-state index contributed by atoms with van der Waals surface area (Å²) < 4.78 is 9.92. The highest BCUT2D eigenvalue weighted by atomic mass is 32.1. The molecule has 6 nitrogen and oxygen atoms in total. The van der Waals surface area contributed by atoms with Gasteiger partial charge in [0.2, 0.25) is 0 Å². The number of carboxylic acids is 2. The normalized spacial score (nSPS) is 12.4. The van der Waals surface area contributed by atoms with Gasteiger partial charge in [-0.15, -0.1) is 0 Å². The van der Waals surface area contributed by atoms with E-state index >= 15 is 0 Å². The molecule has 0 aliphatic rings. The van der Waals surface area contributed by atoms with Crippen molar-refractivity contribution in [2.45, 2.75) is 18.6 Å². The fraction of sp³-hybridized carbons (Fsp3) is 0.429. The second-order valence-electron chi connectivity index (χ2n) is 4.17. The third kappa shape index (κ3) is 8.09. The average molecular weight is 316 g/mol. The molecule has 118 valence electrons. The zero-order valence-electron chi connectivity index (χ0n) is 12.1. The van der Waals surface area contributed by atoms with Crippen molar-refractivity contribution in [1.82, 2.24) is 0 Å². The summed E-state index contributed by atoms with van der Waals surface area (Å²) in [5.74, 6) is -1.08. The SMILES string of the molecule is CC(C(=O)O)C(S)CC(=O)O.COc1ccc(OC)cc1. The van der Waals surface area contributed by atoms with Crippen molar-refractivity contribution in [3.8, 4) is 11.5 Å². The van der Waals surface area contributed by atoms with Gasteiger partial charge in [-0.05, 0) is 24.3 Å². The molecule has 2 unspecified atom stereocenters. The number of hydrogen-bond donors (Lipinski definition) is 3. The monoisotopic (exact) mass is 316 g/mol. The van der Waals surface area contributed by atoms with Crippen LogP contribution in [0, 0.1) is 5.92 Å². The van der Waals surface area contributed by atoms with Crippen molar-refractivity contribution in [2.24, 2.45) is 5.92 Å². The number of benzene rings is 1. The lowest BCUT2D eigenvalue weighted by molar-refractivity contribution is -0.141. The molecule has 0 radical (unpaired) electrons. The second kappa shape index (κ2) is 9.93. The van der Waals surface area contributed by atoms with Crippen LogP contribution in [0.2, 0.25) is 0 Å². The fourth-order valence-electron chi connectivity index (χ4n) is 1.23. The van der Waals surface area contributed by atoms with Crippen LogP contribution in [0.25, 0.3) is 0 Å². The predicted molar refractivity (Wildman–Crippen MR) is 81.4 cm³/mol. The Kier molecular flexibility index (Phi) is 9.03. The van der Waals surface area contributed by atoms with Gasteiger partial charge in [-0.3, -0.25) is 9.59 Å². The highest BCUT2D eigenvalue weighted by molar-refractivity contribution is 7.81. The number of methoxy groups -OCH3 is 2. The molecule has 1 aromatic carbocycles. The zero-order valence-corrected chi connectivity index (χ0v) is 13.0. The molecular formula is C14H20O6S. The minimum atomic E-state index is -1.03. The van der Waals surface area contributed by atoms with Gasteiger partial charge in [0.05, 0.1) is 26.6 Å². The van der Waals surface area contributed by atoms with E-state index in [1.54, 1.807) is 14.2 Å². The Balaban J connectivity index is 0.000000382. The summed E-state index contributed by atoms with van der Waals surface area (Å²) in [4.78, 5) is 20.4. The molecule has 7 heteroatoms. The summed E-state index contributed by atoms with van der Waals surface area (Å²) >= 11 is 3.84. The zero-order chi connectivity index (χ0) is 16.4. The van der Waals surface area contributed by atoms with E-state index in [9.17, 15) is 9.59 Å². The molecule has 0 saturated heterocycles. The molecule has 2 N–H and O–H groups in total. The third-order valence-electron chi connectivity index (χ3n) is 2.65. The van der Waals surface area contributed by atoms with Gasteiger partial charge in [0.25, 0.3) is 0 Å². The Labute approximate surface area is 129 Å². The lowest BCUT2D eigenvalue weighted by Gasteiger charge is -2.11. The molecule has 0 aromatic heterocycles. The lowest BCUT2D eigenvalue weighted by Crippen LogP contribution is -2.23. The van der Waals surface area contributed by atoms with Crippen LogP contribution in [0.5, 0.6) is 11.5 Å². The first-order valence-electron chi connectivity index (χ1n) is 6.12. The molecule has 21 heavy (non-hydrogen) atoms. The minimum absolute atomic E-state index is 0.226. The maximum Gasteiger partial charge on any atom is 0.307 e. The van der Waals surface area contributed by atoms with Gasteiger partial charge in [0.1, 0.15) is 11.5 Å². The van der Waals surface area contributed by atoms with E-state index in [1.165, 1.54) is 6.92 Å². The van der Waals surface area contributed by atoms with E-state index in [-0.39, 0.29) is 6.42 Å². The van der Waals surface area contributed by atoms with Crippen LogP contribution in [-0.2, 0) is 9.59 Å². The smallest absolute Gasteiger partial charge is 0.307 e. The van der Waals surface area contributed by atoms with Crippen LogP contribution in [0.15, 0.2) is 24.3 Å². The Morgan fingerprint density at radius 2 is 1.48 bits per heavy atom. The van der Waals surface area contributed by atoms with E-state index in [1.807, 2.05) is 24.3 Å². The van der Waals surface area contributed by atoms with Crippen molar-refractivity contribution in [3.63, 3.8) is 0 Å². The Morgan fingerprint density at radius 1 is 1.10 bits per heavy atom. The van der Waals surface area contributed by atoms with Crippen LogP contribution in [-0.4, -0.2) is 41.6 Å². The summed E-state index contributed by atoms with van der Waals surface area (Å²) in [5, 5.41) is 16.1. The molecule has 0 spiro atoms. The molecule has 0 saturated carbocycles. The van der Waals surface area contributed by atoms with Gasteiger partial charge >= 0.3 is 11.9 Å². The third-order valence-corrected chi connectivity index (χ3v) is 3.28. The molecular weight excluding hydrogens is 296 g/mol. The highest BCUT2D eigenvalue weighted by Crippen LogP contribution is 2.16. The van der Waals surface area contributed by atoms with E-state index in [0.717, 1.165) is 11.5 Å². The summed E-state index contributed by atoms with van der Waals surface area (Å²) in [6.45, 7) is 1.43. The highest BCUT2D eigenvalue weighted by Gasteiger charge is 2.22. The Bertz CT molecular complexity index is 422. The van der Waals surface area contributed by atoms with Crippen LogP contribution >= 0.6 is 12.6 Å². The van der Waals surface area contributed by atoms with E-state index in [2.05, 4.69) is 12.6 Å². The molecule has 0 aliphatic heterocycles. The van der Waals surface area contributed by atoms with Gasteiger partial charge in [0.15, 0.2) is 0 Å². The fourth-order valence-corrected chi connectivity index (χ4v) is 1.52. The number of carboxylic acid groups (broad SMARTS) is 2. The lowest BCUT2D eigenvalue weighted by atomic mass is 10.1. The average Bonchev–Trinajstić information content (AvgIpc) is 2.46. The predicted octanol–water partition coefficient (Wildman–Crippen LogP) is 2.18. The van der Waals surface area contributed by atoms with E-state index < -0.39 is 23.1 Å². The largest absolute Gasteiger partial charge is 0.497 e. The molecule has 0 amide bonds. The maximum absolute atomic E-state index is 10.3. The summed E-state index contributed by atoms with van der Waals surface area (Å²) in [7, 11) is 3.28. The maximum atomic E-state index is 10.3. The molecule has 1 aromatic rings. The van der Waals surface area contributed by atoms with Crippen LogP contribution in [0.3, 0.4) is 0 Å². The molecule has 0 heterocycles. The van der Waals surface area contributed by atoms with E-state index in [0.29, 0.717) is 0 Å². The molecule has 0 bridgehead atoms. The van der Waals surface area contributed by atoms with Crippen LogP contribution in [0.4, 0.5) is 0 Å². The standard InChI is InChI=1S/C8H10O2.C6H10O4S/c1-9-7-3-5-8(10-2)6-4-7;1-3(6(9)10)4(11)2-5(7)8/h3-6H,1-2H3;3-4,11H,2H2,1H3,(H,7,8)(H,9,10). The minimum Gasteiger partial charge on any atom is -0.497 e.